The third-order valence-electron chi connectivity index (χ3n) is 5.55. The monoisotopic (exact) mass is 428 g/mol. The molecule has 164 valence electrons. The van der Waals surface area contributed by atoms with Crippen molar-refractivity contribution in [2.75, 3.05) is 13.7 Å². The van der Waals surface area contributed by atoms with Gasteiger partial charge in [-0.05, 0) is 66.4 Å². The average Bonchev–Trinajstić information content (AvgIpc) is 2.83. The van der Waals surface area contributed by atoms with E-state index in [9.17, 15) is 4.79 Å². The average molecular weight is 429 g/mol. The lowest BCUT2D eigenvalue weighted by Gasteiger charge is -2.15. The van der Waals surface area contributed by atoms with Crippen LogP contribution in [0.4, 0.5) is 0 Å². The molecule has 0 bridgehead atoms. The van der Waals surface area contributed by atoms with Crippen molar-refractivity contribution in [3.05, 3.63) is 88.7 Å². The van der Waals surface area contributed by atoms with E-state index in [-0.39, 0.29) is 5.56 Å². The minimum absolute atomic E-state index is 0.0392. The van der Waals surface area contributed by atoms with Gasteiger partial charge in [-0.2, -0.15) is 0 Å². The molecule has 3 aromatic carbocycles. The minimum atomic E-state index is -0.0392. The fourth-order valence-electron chi connectivity index (χ4n) is 3.70. The number of rotatable bonds is 8. The fraction of sp³-hybridized carbons (Fsp3) is 0.259. The quantitative estimate of drug-likeness (QED) is 0.340. The van der Waals surface area contributed by atoms with Gasteiger partial charge in [-0.3, -0.25) is 9.36 Å². The Morgan fingerprint density at radius 2 is 1.59 bits per heavy atom. The molecule has 0 saturated carbocycles. The van der Waals surface area contributed by atoms with Gasteiger partial charge in [0.15, 0.2) is 0 Å². The summed E-state index contributed by atoms with van der Waals surface area (Å²) in [5, 5.41) is 0.620. The number of hydrogen-bond acceptors (Lipinski definition) is 4. The zero-order chi connectivity index (χ0) is 22.5. The maximum absolute atomic E-state index is 13.3. The zero-order valence-electron chi connectivity index (χ0n) is 18.7. The van der Waals surface area contributed by atoms with Crippen LogP contribution in [0.1, 0.15) is 31.7 Å². The number of nitrogens with zero attached hydrogens (tertiary/aromatic N) is 2. The lowest BCUT2D eigenvalue weighted by Crippen LogP contribution is -2.24. The van der Waals surface area contributed by atoms with Crippen LogP contribution in [0.3, 0.4) is 0 Å². The van der Waals surface area contributed by atoms with Crippen LogP contribution in [0, 0.1) is 0 Å². The van der Waals surface area contributed by atoms with Gasteiger partial charge in [0.05, 0.1) is 24.6 Å². The Bertz CT molecular complexity index is 1240. The predicted molar refractivity (Wildman–Crippen MR) is 129 cm³/mol. The van der Waals surface area contributed by atoms with Crippen molar-refractivity contribution < 1.29 is 9.47 Å². The summed E-state index contributed by atoms with van der Waals surface area (Å²) in [6.07, 6.45) is 0.689. The number of fused-ring (bicyclic) bond motifs is 1. The van der Waals surface area contributed by atoms with Gasteiger partial charge >= 0.3 is 0 Å². The lowest BCUT2D eigenvalue weighted by molar-refractivity contribution is 0.301. The second kappa shape index (κ2) is 9.69. The highest BCUT2D eigenvalue weighted by Gasteiger charge is 2.13. The molecule has 5 heteroatoms. The lowest BCUT2D eigenvalue weighted by atomic mass is 10.0. The van der Waals surface area contributed by atoms with E-state index in [1.165, 1.54) is 5.56 Å². The van der Waals surface area contributed by atoms with Crippen LogP contribution in [0.25, 0.3) is 22.3 Å². The standard InChI is InChI=1S/C27H28N2O3/c1-19(2)20-9-15-23(16-10-20)32-18-6-17-29-26(21-11-13-22(31-3)14-12-21)28-25-8-5-4-7-24(25)27(29)30/h4-5,7-16,19H,6,17-18H2,1-3H3. The molecule has 0 atom stereocenters. The van der Waals surface area contributed by atoms with Crippen LogP contribution in [0.5, 0.6) is 11.5 Å². The summed E-state index contributed by atoms with van der Waals surface area (Å²) in [5.41, 5.74) is 2.82. The molecule has 32 heavy (non-hydrogen) atoms. The first-order valence-corrected chi connectivity index (χ1v) is 10.9. The fourth-order valence-corrected chi connectivity index (χ4v) is 3.70. The van der Waals surface area contributed by atoms with Gasteiger partial charge in [0.2, 0.25) is 0 Å². The molecule has 0 amide bonds. The van der Waals surface area contributed by atoms with E-state index >= 15 is 0 Å². The van der Waals surface area contributed by atoms with E-state index in [1.807, 2.05) is 60.7 Å². The highest BCUT2D eigenvalue weighted by atomic mass is 16.5. The summed E-state index contributed by atoms with van der Waals surface area (Å²) in [5.74, 6) is 2.75. The highest BCUT2D eigenvalue weighted by molar-refractivity contribution is 5.79. The van der Waals surface area contributed by atoms with Crippen molar-refractivity contribution in [1.82, 2.24) is 9.55 Å². The minimum Gasteiger partial charge on any atom is -0.497 e. The third-order valence-corrected chi connectivity index (χ3v) is 5.55. The smallest absolute Gasteiger partial charge is 0.261 e. The molecule has 0 unspecified atom stereocenters. The van der Waals surface area contributed by atoms with E-state index in [0.717, 1.165) is 17.1 Å². The van der Waals surface area contributed by atoms with Crippen molar-refractivity contribution in [3.8, 4) is 22.9 Å². The second-order valence-corrected chi connectivity index (χ2v) is 8.06. The Kier molecular flexibility index (Phi) is 6.55. The Balaban J connectivity index is 1.56. The molecular weight excluding hydrogens is 400 g/mol. The van der Waals surface area contributed by atoms with Crippen LogP contribution in [0.2, 0.25) is 0 Å². The third kappa shape index (κ3) is 4.67. The van der Waals surface area contributed by atoms with E-state index in [4.69, 9.17) is 14.5 Å². The van der Waals surface area contributed by atoms with Crippen LogP contribution < -0.4 is 15.0 Å². The zero-order valence-corrected chi connectivity index (χ0v) is 18.7. The number of ether oxygens (including phenoxy) is 2. The summed E-state index contributed by atoms with van der Waals surface area (Å²) in [6, 6.07) is 23.3. The van der Waals surface area contributed by atoms with Crippen molar-refractivity contribution in [2.45, 2.75) is 32.7 Å². The molecule has 0 aliphatic carbocycles. The molecule has 4 aromatic rings. The van der Waals surface area contributed by atoms with Crippen LogP contribution >= 0.6 is 0 Å². The number of hydrogen-bond donors (Lipinski definition) is 0. The Morgan fingerprint density at radius 1 is 0.906 bits per heavy atom. The van der Waals surface area contributed by atoms with E-state index < -0.39 is 0 Å². The Labute approximate surface area is 188 Å². The van der Waals surface area contributed by atoms with Crippen molar-refractivity contribution in [2.24, 2.45) is 0 Å². The topological polar surface area (TPSA) is 53.3 Å². The van der Waals surface area contributed by atoms with E-state index in [0.29, 0.717) is 42.2 Å². The predicted octanol–water partition coefficient (Wildman–Crippen LogP) is 5.66. The summed E-state index contributed by atoms with van der Waals surface area (Å²) < 4.78 is 12.9. The maximum Gasteiger partial charge on any atom is 0.261 e. The number of para-hydroxylation sites is 1. The molecule has 0 fully saturated rings. The van der Waals surface area contributed by atoms with Gasteiger partial charge in [0, 0.05) is 12.1 Å². The number of benzene rings is 3. The van der Waals surface area contributed by atoms with Gasteiger partial charge in [-0.25, -0.2) is 4.98 Å². The van der Waals surface area contributed by atoms with Crippen LogP contribution in [-0.4, -0.2) is 23.3 Å². The number of methoxy groups -OCH3 is 1. The van der Waals surface area contributed by atoms with Gasteiger partial charge in [0.1, 0.15) is 17.3 Å². The Morgan fingerprint density at radius 3 is 2.28 bits per heavy atom. The molecule has 4 rings (SSSR count). The summed E-state index contributed by atoms with van der Waals surface area (Å²) >= 11 is 0. The molecular formula is C27H28N2O3. The van der Waals surface area contributed by atoms with Gasteiger partial charge in [0.25, 0.3) is 5.56 Å². The molecule has 0 aliphatic heterocycles. The summed E-state index contributed by atoms with van der Waals surface area (Å²) in [6.45, 7) is 5.38. The molecule has 0 N–H and O–H groups in total. The first-order valence-electron chi connectivity index (χ1n) is 10.9. The first kappa shape index (κ1) is 21.6. The molecule has 0 spiro atoms. The molecule has 1 aromatic heterocycles. The molecule has 0 saturated heterocycles. The van der Waals surface area contributed by atoms with E-state index in [1.54, 1.807) is 11.7 Å². The summed E-state index contributed by atoms with van der Waals surface area (Å²) in [7, 11) is 1.63. The SMILES string of the molecule is COc1ccc(-c2nc3ccccc3c(=O)n2CCCOc2ccc(C(C)C)cc2)cc1. The number of aromatic nitrogens is 2. The van der Waals surface area contributed by atoms with Crippen molar-refractivity contribution in [1.29, 1.82) is 0 Å². The van der Waals surface area contributed by atoms with Crippen LogP contribution in [-0.2, 0) is 6.54 Å². The Hall–Kier alpha value is -3.60. The van der Waals surface area contributed by atoms with E-state index in [2.05, 4.69) is 26.0 Å². The highest BCUT2D eigenvalue weighted by Crippen LogP contribution is 2.23. The normalized spacial score (nSPS) is 11.1. The van der Waals surface area contributed by atoms with Crippen molar-refractivity contribution >= 4 is 10.9 Å². The molecule has 0 radical (unpaired) electrons. The van der Waals surface area contributed by atoms with Gasteiger partial charge in [-0.15, -0.1) is 0 Å². The maximum atomic E-state index is 13.3. The van der Waals surface area contributed by atoms with Gasteiger partial charge in [-0.1, -0.05) is 38.1 Å². The molecule has 5 nitrogen and oxygen atoms in total. The molecule has 1 heterocycles. The van der Waals surface area contributed by atoms with Crippen molar-refractivity contribution in [3.63, 3.8) is 0 Å². The first-order chi connectivity index (χ1) is 15.6. The van der Waals surface area contributed by atoms with Crippen LogP contribution in [0.15, 0.2) is 77.6 Å². The van der Waals surface area contributed by atoms with Gasteiger partial charge < -0.3 is 9.47 Å². The largest absolute Gasteiger partial charge is 0.497 e. The molecule has 0 aliphatic rings. The summed E-state index contributed by atoms with van der Waals surface area (Å²) in [4.78, 5) is 18.1. The second-order valence-electron chi connectivity index (χ2n) is 8.06.